The molecular formula is C13H13BrClNO. The van der Waals surface area contributed by atoms with Crippen LogP contribution in [0.5, 0.6) is 0 Å². The van der Waals surface area contributed by atoms with Crippen LogP contribution in [-0.2, 0) is 13.1 Å². The summed E-state index contributed by atoms with van der Waals surface area (Å²) in [6, 6.07) is 9.83. The number of aryl methyl sites for hydroxylation is 1. The van der Waals surface area contributed by atoms with Crippen molar-refractivity contribution >= 4 is 27.5 Å². The zero-order valence-corrected chi connectivity index (χ0v) is 11.8. The van der Waals surface area contributed by atoms with Crippen LogP contribution >= 0.6 is 27.5 Å². The molecule has 1 heterocycles. The summed E-state index contributed by atoms with van der Waals surface area (Å²) in [4.78, 5) is 0. The molecular weight excluding hydrogens is 302 g/mol. The third kappa shape index (κ3) is 3.60. The van der Waals surface area contributed by atoms with Crippen molar-refractivity contribution in [3.63, 3.8) is 0 Å². The van der Waals surface area contributed by atoms with Crippen LogP contribution in [0.1, 0.15) is 17.1 Å². The Labute approximate surface area is 114 Å². The maximum atomic E-state index is 6.12. The Morgan fingerprint density at radius 3 is 2.71 bits per heavy atom. The van der Waals surface area contributed by atoms with Gasteiger partial charge >= 0.3 is 0 Å². The SMILES string of the molecule is Cc1ccc(CNCc2ccc(Br)cc2Cl)o1. The lowest BCUT2D eigenvalue weighted by Gasteiger charge is -2.05. The molecule has 4 heteroatoms. The van der Waals surface area contributed by atoms with Gasteiger partial charge in [-0.1, -0.05) is 33.6 Å². The van der Waals surface area contributed by atoms with E-state index in [2.05, 4.69) is 21.2 Å². The monoisotopic (exact) mass is 313 g/mol. The van der Waals surface area contributed by atoms with Gasteiger partial charge in [0.15, 0.2) is 0 Å². The van der Waals surface area contributed by atoms with E-state index in [1.54, 1.807) is 0 Å². The first-order valence-corrected chi connectivity index (χ1v) is 6.52. The number of furan rings is 1. The van der Waals surface area contributed by atoms with Crippen molar-refractivity contribution in [2.24, 2.45) is 0 Å². The standard InChI is InChI=1S/C13H13BrClNO/c1-9-2-5-12(17-9)8-16-7-10-3-4-11(14)6-13(10)15/h2-6,16H,7-8H2,1H3. The maximum absolute atomic E-state index is 6.12. The fraction of sp³-hybridized carbons (Fsp3) is 0.231. The van der Waals surface area contributed by atoms with Gasteiger partial charge in [-0.15, -0.1) is 0 Å². The molecule has 0 saturated carbocycles. The molecule has 0 spiro atoms. The minimum atomic E-state index is 0.709. The van der Waals surface area contributed by atoms with Crippen LogP contribution in [0.15, 0.2) is 39.2 Å². The van der Waals surface area contributed by atoms with Gasteiger partial charge in [0, 0.05) is 16.0 Å². The first-order valence-electron chi connectivity index (χ1n) is 5.35. The predicted octanol–water partition coefficient (Wildman–Crippen LogP) is 4.29. The van der Waals surface area contributed by atoms with E-state index in [0.29, 0.717) is 6.54 Å². The number of rotatable bonds is 4. The highest BCUT2D eigenvalue weighted by atomic mass is 79.9. The molecule has 0 atom stereocenters. The second-order valence-electron chi connectivity index (χ2n) is 3.85. The van der Waals surface area contributed by atoms with Crippen molar-refractivity contribution in [2.45, 2.75) is 20.0 Å². The van der Waals surface area contributed by atoms with Crippen LogP contribution in [0.2, 0.25) is 5.02 Å². The van der Waals surface area contributed by atoms with Gasteiger partial charge in [0.1, 0.15) is 11.5 Å². The Morgan fingerprint density at radius 1 is 1.24 bits per heavy atom. The first-order chi connectivity index (χ1) is 8.15. The van der Waals surface area contributed by atoms with E-state index in [4.69, 9.17) is 16.0 Å². The second-order valence-corrected chi connectivity index (χ2v) is 5.17. The average molecular weight is 315 g/mol. The lowest BCUT2D eigenvalue weighted by atomic mass is 10.2. The molecule has 0 saturated heterocycles. The number of halogens is 2. The van der Waals surface area contributed by atoms with E-state index in [9.17, 15) is 0 Å². The van der Waals surface area contributed by atoms with Crippen LogP contribution in [-0.4, -0.2) is 0 Å². The van der Waals surface area contributed by atoms with Crippen molar-refractivity contribution in [3.8, 4) is 0 Å². The maximum Gasteiger partial charge on any atom is 0.117 e. The lowest BCUT2D eigenvalue weighted by molar-refractivity contribution is 0.462. The Bertz CT molecular complexity index is 510. The second kappa shape index (κ2) is 5.71. The molecule has 0 amide bonds. The summed E-state index contributed by atoms with van der Waals surface area (Å²) >= 11 is 9.51. The highest BCUT2D eigenvalue weighted by molar-refractivity contribution is 9.10. The molecule has 2 rings (SSSR count). The average Bonchev–Trinajstić information content (AvgIpc) is 2.68. The van der Waals surface area contributed by atoms with Gasteiger partial charge in [-0.05, 0) is 36.8 Å². The fourth-order valence-corrected chi connectivity index (χ4v) is 2.31. The quantitative estimate of drug-likeness (QED) is 0.910. The molecule has 1 aromatic heterocycles. The van der Waals surface area contributed by atoms with E-state index in [1.165, 1.54) is 0 Å². The van der Waals surface area contributed by atoms with Gasteiger partial charge < -0.3 is 9.73 Å². The summed E-state index contributed by atoms with van der Waals surface area (Å²) in [5.41, 5.74) is 1.08. The van der Waals surface area contributed by atoms with Gasteiger partial charge in [0.2, 0.25) is 0 Å². The number of hydrogen-bond donors (Lipinski definition) is 1. The Balaban J connectivity index is 1.90. The molecule has 0 radical (unpaired) electrons. The third-order valence-electron chi connectivity index (χ3n) is 2.43. The van der Waals surface area contributed by atoms with E-state index in [-0.39, 0.29) is 0 Å². The molecule has 0 fully saturated rings. The molecule has 0 bridgehead atoms. The van der Waals surface area contributed by atoms with Crippen LogP contribution in [0.3, 0.4) is 0 Å². The number of nitrogens with one attached hydrogen (secondary N) is 1. The smallest absolute Gasteiger partial charge is 0.117 e. The molecule has 90 valence electrons. The molecule has 1 N–H and O–H groups in total. The molecule has 2 aromatic rings. The third-order valence-corrected chi connectivity index (χ3v) is 3.27. The van der Waals surface area contributed by atoms with Crippen molar-refractivity contribution in [2.75, 3.05) is 0 Å². The predicted molar refractivity (Wildman–Crippen MR) is 73.1 cm³/mol. The summed E-state index contributed by atoms with van der Waals surface area (Å²) in [5.74, 6) is 1.87. The molecule has 0 aliphatic carbocycles. The van der Waals surface area contributed by atoms with Gasteiger partial charge in [-0.3, -0.25) is 0 Å². The molecule has 0 unspecified atom stereocenters. The largest absolute Gasteiger partial charge is 0.465 e. The van der Waals surface area contributed by atoms with E-state index in [1.807, 2.05) is 37.3 Å². The van der Waals surface area contributed by atoms with Crippen LogP contribution in [0.25, 0.3) is 0 Å². The van der Waals surface area contributed by atoms with Crippen LogP contribution < -0.4 is 5.32 Å². The minimum Gasteiger partial charge on any atom is -0.465 e. The lowest BCUT2D eigenvalue weighted by Crippen LogP contribution is -2.12. The van der Waals surface area contributed by atoms with Crippen molar-refractivity contribution in [3.05, 3.63) is 56.9 Å². The summed E-state index contributed by atoms with van der Waals surface area (Å²) < 4.78 is 6.46. The van der Waals surface area contributed by atoms with Crippen molar-refractivity contribution in [1.29, 1.82) is 0 Å². The van der Waals surface area contributed by atoms with Crippen molar-refractivity contribution in [1.82, 2.24) is 5.32 Å². The Kier molecular flexibility index (Phi) is 4.26. The molecule has 1 aromatic carbocycles. The van der Waals surface area contributed by atoms with Gasteiger partial charge in [-0.25, -0.2) is 0 Å². The van der Waals surface area contributed by atoms with E-state index < -0.39 is 0 Å². The van der Waals surface area contributed by atoms with Gasteiger partial charge in [0.25, 0.3) is 0 Å². The minimum absolute atomic E-state index is 0.709. The van der Waals surface area contributed by atoms with Crippen molar-refractivity contribution < 1.29 is 4.42 Å². The summed E-state index contributed by atoms with van der Waals surface area (Å²) in [7, 11) is 0. The van der Waals surface area contributed by atoms with E-state index >= 15 is 0 Å². The van der Waals surface area contributed by atoms with Crippen LogP contribution in [0.4, 0.5) is 0 Å². The number of hydrogen-bond acceptors (Lipinski definition) is 2. The zero-order chi connectivity index (χ0) is 12.3. The fourth-order valence-electron chi connectivity index (χ4n) is 1.57. The molecule has 0 aliphatic heterocycles. The highest BCUT2D eigenvalue weighted by Crippen LogP contribution is 2.21. The van der Waals surface area contributed by atoms with Crippen LogP contribution in [0, 0.1) is 6.92 Å². The first kappa shape index (κ1) is 12.7. The summed E-state index contributed by atoms with van der Waals surface area (Å²) in [5, 5.41) is 4.06. The van der Waals surface area contributed by atoms with Gasteiger partial charge in [0.05, 0.1) is 6.54 Å². The molecule has 0 aliphatic rings. The van der Waals surface area contributed by atoms with E-state index in [0.717, 1.165) is 33.1 Å². The van der Waals surface area contributed by atoms with Gasteiger partial charge in [-0.2, -0.15) is 0 Å². The number of benzene rings is 1. The molecule has 17 heavy (non-hydrogen) atoms. The molecule has 2 nitrogen and oxygen atoms in total. The highest BCUT2D eigenvalue weighted by Gasteiger charge is 2.02. The summed E-state index contributed by atoms with van der Waals surface area (Å²) in [6.07, 6.45) is 0. The Hall–Kier alpha value is -0.770. The zero-order valence-electron chi connectivity index (χ0n) is 9.47. The Morgan fingerprint density at radius 2 is 2.06 bits per heavy atom. The summed E-state index contributed by atoms with van der Waals surface area (Å²) in [6.45, 7) is 3.38. The topological polar surface area (TPSA) is 25.2 Å². The normalized spacial score (nSPS) is 10.8.